The number of benzene rings is 1. The second-order valence-corrected chi connectivity index (χ2v) is 6.91. The van der Waals surface area contributed by atoms with E-state index in [4.69, 9.17) is 44.9 Å². The quantitative estimate of drug-likeness (QED) is 0.277. The summed E-state index contributed by atoms with van der Waals surface area (Å²) in [5.41, 5.74) is 3.16. The van der Waals surface area contributed by atoms with E-state index in [1.54, 1.807) is 6.07 Å². The lowest BCUT2D eigenvalue weighted by atomic mass is 10.2. The van der Waals surface area contributed by atoms with Gasteiger partial charge in [0.2, 0.25) is 0 Å². The van der Waals surface area contributed by atoms with E-state index in [-0.39, 0.29) is 5.11 Å². The number of methoxy groups -OCH3 is 2. The monoisotopic (exact) mass is 505 g/mol. The topological polar surface area (TPSA) is 72.0 Å². The highest BCUT2D eigenvalue weighted by molar-refractivity contribution is 9.13. The Bertz CT molecular complexity index is 644. The van der Waals surface area contributed by atoms with Gasteiger partial charge in [-0.3, -0.25) is 15.5 Å². The maximum atomic E-state index is 11.2. The van der Waals surface area contributed by atoms with Gasteiger partial charge >= 0.3 is 0 Å². The molecule has 0 radical (unpaired) electrons. The van der Waals surface area contributed by atoms with Crippen molar-refractivity contribution < 1.29 is 14.3 Å². The van der Waals surface area contributed by atoms with Crippen LogP contribution < -0.4 is 20.2 Å². The highest BCUT2D eigenvalue weighted by Gasteiger charge is 2.15. The number of thiocarbonyl (C=S) groups is 1. The Balaban J connectivity index is 2.87. The molecular formula is C12H11Br2Cl2N3O3S. The number of nitrogens with one attached hydrogen (secondary N) is 2. The molecule has 0 aliphatic rings. The zero-order valence-corrected chi connectivity index (χ0v) is 17.3. The summed E-state index contributed by atoms with van der Waals surface area (Å²) in [4.78, 5) is 10.0. The van der Waals surface area contributed by atoms with E-state index in [9.17, 15) is 4.79 Å². The van der Waals surface area contributed by atoms with Gasteiger partial charge in [-0.1, -0.05) is 23.2 Å². The molecule has 0 heterocycles. The normalized spacial score (nSPS) is 10.7. The molecule has 0 aliphatic carbocycles. The summed E-state index contributed by atoms with van der Waals surface area (Å²) in [5, 5.41) is 6.16. The van der Waals surface area contributed by atoms with Crippen LogP contribution in [0.1, 0.15) is 5.56 Å². The van der Waals surface area contributed by atoms with E-state index in [1.165, 1.54) is 20.4 Å². The molecule has 0 bridgehead atoms. The zero-order chi connectivity index (χ0) is 17.6. The molecule has 0 spiro atoms. The van der Waals surface area contributed by atoms with E-state index in [2.05, 4.69) is 47.7 Å². The molecule has 0 fully saturated rings. The summed E-state index contributed by atoms with van der Waals surface area (Å²) in [7, 11) is 3.06. The number of carbonyl (C=O) groups excluding carboxylic acids is 1. The fourth-order valence-electron chi connectivity index (χ4n) is 1.40. The van der Waals surface area contributed by atoms with Crippen LogP contribution in [-0.2, 0) is 4.79 Å². The van der Waals surface area contributed by atoms with E-state index in [1.807, 2.05) is 0 Å². The van der Waals surface area contributed by atoms with Crippen molar-refractivity contribution in [2.75, 3.05) is 14.2 Å². The van der Waals surface area contributed by atoms with Gasteiger partial charge in [-0.15, -0.1) is 0 Å². The molecule has 0 aliphatic heterocycles. The Labute approximate surface area is 165 Å². The van der Waals surface area contributed by atoms with Crippen molar-refractivity contribution in [2.24, 2.45) is 5.10 Å². The number of rotatable bonds is 5. The molecule has 1 rings (SSSR count). The number of carbonyl (C=O) groups is 1. The first-order valence-electron chi connectivity index (χ1n) is 5.83. The molecule has 11 heteroatoms. The molecular weight excluding hydrogens is 497 g/mol. The first kappa shape index (κ1) is 20.4. The third-order valence-electron chi connectivity index (χ3n) is 2.38. The highest BCUT2D eigenvalue weighted by atomic mass is 79.9. The average Bonchev–Trinajstić information content (AvgIpc) is 2.50. The Kier molecular flexibility index (Phi) is 8.56. The van der Waals surface area contributed by atoms with E-state index < -0.39 is 10.7 Å². The van der Waals surface area contributed by atoms with Gasteiger partial charge in [0, 0.05) is 10.0 Å². The predicted octanol–water partition coefficient (Wildman–Crippen LogP) is 3.36. The van der Waals surface area contributed by atoms with Crippen molar-refractivity contribution in [3.8, 4) is 11.5 Å². The maximum Gasteiger partial charge on any atom is 0.259 e. The van der Waals surface area contributed by atoms with Crippen molar-refractivity contribution in [1.29, 1.82) is 0 Å². The number of nitrogens with zero attached hydrogens (tertiary/aromatic N) is 1. The van der Waals surface area contributed by atoms with Crippen molar-refractivity contribution in [1.82, 2.24) is 10.7 Å². The minimum atomic E-state index is -1.21. The SMILES string of the molecule is COc1cc(C=NNC(=S)NC(=O)C(Cl)Cl)c(Br)c(Br)c1OC. The van der Waals surface area contributed by atoms with Gasteiger partial charge in [-0.25, -0.2) is 0 Å². The number of alkyl halides is 2. The Morgan fingerprint density at radius 2 is 2.00 bits per heavy atom. The molecule has 1 amide bonds. The largest absolute Gasteiger partial charge is 0.493 e. The molecule has 2 N–H and O–H groups in total. The summed E-state index contributed by atoms with van der Waals surface area (Å²) < 4.78 is 11.9. The van der Waals surface area contributed by atoms with Gasteiger partial charge in [-0.05, 0) is 50.1 Å². The average molecular weight is 508 g/mol. The molecule has 0 unspecified atom stereocenters. The van der Waals surface area contributed by atoms with Gasteiger partial charge in [0.25, 0.3) is 5.91 Å². The number of hydrogen-bond donors (Lipinski definition) is 2. The molecule has 6 nitrogen and oxygen atoms in total. The molecule has 0 saturated carbocycles. The second-order valence-electron chi connectivity index (χ2n) is 3.82. The van der Waals surface area contributed by atoms with Crippen LogP contribution in [-0.4, -0.2) is 36.3 Å². The zero-order valence-electron chi connectivity index (χ0n) is 11.8. The number of hydrogen-bond acceptors (Lipinski definition) is 5. The molecule has 0 aromatic heterocycles. The van der Waals surface area contributed by atoms with Crippen LogP contribution in [0.2, 0.25) is 0 Å². The minimum Gasteiger partial charge on any atom is -0.493 e. The maximum absolute atomic E-state index is 11.2. The molecule has 1 aromatic rings. The van der Waals surface area contributed by atoms with E-state index in [0.29, 0.717) is 26.0 Å². The fourth-order valence-corrected chi connectivity index (χ4v) is 2.64. The van der Waals surface area contributed by atoms with Crippen LogP contribution in [0.15, 0.2) is 20.1 Å². The summed E-state index contributed by atoms with van der Waals surface area (Å²) in [6, 6.07) is 1.72. The number of hydrazone groups is 1. The number of halogens is 4. The van der Waals surface area contributed by atoms with Gasteiger partial charge in [0.05, 0.1) is 24.9 Å². The van der Waals surface area contributed by atoms with Crippen LogP contribution in [0.25, 0.3) is 0 Å². The third kappa shape index (κ3) is 5.75. The van der Waals surface area contributed by atoms with Gasteiger partial charge in [-0.2, -0.15) is 5.10 Å². The van der Waals surface area contributed by atoms with Gasteiger partial charge in [0.1, 0.15) is 0 Å². The molecule has 126 valence electrons. The fraction of sp³-hybridized carbons (Fsp3) is 0.250. The summed E-state index contributed by atoms with van der Waals surface area (Å²) >= 11 is 22.5. The molecule has 0 atom stereocenters. The van der Waals surface area contributed by atoms with Crippen molar-refractivity contribution >= 4 is 84.5 Å². The van der Waals surface area contributed by atoms with Crippen LogP contribution in [0.4, 0.5) is 0 Å². The predicted molar refractivity (Wildman–Crippen MR) is 102 cm³/mol. The molecule has 1 aromatic carbocycles. The number of ether oxygens (including phenoxy) is 2. The van der Waals surface area contributed by atoms with Crippen LogP contribution in [0.3, 0.4) is 0 Å². The summed E-state index contributed by atoms with van der Waals surface area (Å²) in [5.74, 6) is 0.422. The second kappa shape index (κ2) is 9.63. The highest BCUT2D eigenvalue weighted by Crippen LogP contribution is 2.41. The lowest BCUT2D eigenvalue weighted by Gasteiger charge is -2.12. The lowest BCUT2D eigenvalue weighted by Crippen LogP contribution is -2.39. The Morgan fingerprint density at radius 1 is 1.35 bits per heavy atom. The smallest absolute Gasteiger partial charge is 0.259 e. The third-order valence-corrected chi connectivity index (χ3v) is 5.12. The first-order chi connectivity index (χ1) is 10.8. The molecule has 0 saturated heterocycles. The Hall–Kier alpha value is -0.610. The minimum absolute atomic E-state index is 0.0341. The van der Waals surface area contributed by atoms with Crippen LogP contribution >= 0.6 is 67.3 Å². The van der Waals surface area contributed by atoms with E-state index in [0.717, 1.165) is 0 Å². The van der Waals surface area contributed by atoms with E-state index >= 15 is 0 Å². The van der Waals surface area contributed by atoms with Gasteiger partial charge in [0.15, 0.2) is 21.4 Å². The molecule has 23 heavy (non-hydrogen) atoms. The van der Waals surface area contributed by atoms with Gasteiger partial charge < -0.3 is 9.47 Å². The van der Waals surface area contributed by atoms with Crippen LogP contribution in [0, 0.1) is 0 Å². The van der Waals surface area contributed by atoms with Crippen molar-refractivity contribution in [2.45, 2.75) is 4.84 Å². The first-order valence-corrected chi connectivity index (χ1v) is 8.70. The van der Waals surface area contributed by atoms with Crippen LogP contribution in [0.5, 0.6) is 11.5 Å². The van der Waals surface area contributed by atoms with Crippen molar-refractivity contribution in [3.05, 3.63) is 20.6 Å². The summed E-state index contributed by atoms with van der Waals surface area (Å²) in [6.07, 6.45) is 1.48. The lowest BCUT2D eigenvalue weighted by molar-refractivity contribution is -0.118. The standard InChI is InChI=1S/C12H11Br2Cl2N3O3S/c1-21-6-3-5(7(13)8(14)9(6)22-2)4-17-19-12(23)18-11(20)10(15)16/h3-4,10H,1-2H3,(H2,18,19,20,23). The number of amides is 1. The summed E-state index contributed by atoms with van der Waals surface area (Å²) in [6.45, 7) is 0. The Morgan fingerprint density at radius 3 is 2.52 bits per heavy atom. The van der Waals surface area contributed by atoms with Crippen molar-refractivity contribution in [3.63, 3.8) is 0 Å².